The first-order chi connectivity index (χ1) is 9.04. The lowest BCUT2D eigenvalue weighted by atomic mass is 10.1. The van der Waals surface area contributed by atoms with Gasteiger partial charge in [-0.3, -0.25) is 4.68 Å². The Balaban J connectivity index is 2.30. The highest BCUT2D eigenvalue weighted by Gasteiger charge is 2.16. The fraction of sp³-hybridized carbons (Fsp3) is 0.400. The van der Waals surface area contributed by atoms with Crippen LogP contribution in [0.5, 0.6) is 0 Å². The summed E-state index contributed by atoms with van der Waals surface area (Å²) in [6, 6.07) is 8.35. The molecule has 0 aliphatic carbocycles. The Bertz CT molecular complexity index is 575. The molecule has 0 amide bonds. The van der Waals surface area contributed by atoms with E-state index in [1.807, 2.05) is 31.8 Å². The van der Waals surface area contributed by atoms with Gasteiger partial charge in [-0.05, 0) is 25.0 Å². The number of aliphatic hydroxyl groups excluding tert-OH is 1. The quantitative estimate of drug-likeness (QED) is 0.915. The molecular weight excluding hydrogens is 238 g/mol. The maximum absolute atomic E-state index is 9.50. The molecule has 1 aromatic carbocycles. The predicted molar refractivity (Wildman–Crippen MR) is 77.2 cm³/mol. The third-order valence-electron chi connectivity index (χ3n) is 3.50. The van der Waals surface area contributed by atoms with E-state index in [1.54, 1.807) is 0 Å². The van der Waals surface area contributed by atoms with Gasteiger partial charge in [-0.25, -0.2) is 0 Å². The molecule has 4 heteroatoms. The van der Waals surface area contributed by atoms with Crippen molar-refractivity contribution in [2.45, 2.75) is 27.0 Å². The molecule has 0 bridgehead atoms. The summed E-state index contributed by atoms with van der Waals surface area (Å²) in [4.78, 5) is 2.13. The van der Waals surface area contributed by atoms with Crippen LogP contribution < -0.4 is 4.90 Å². The molecule has 1 aromatic heterocycles. The van der Waals surface area contributed by atoms with Gasteiger partial charge in [0.15, 0.2) is 0 Å². The van der Waals surface area contributed by atoms with Crippen molar-refractivity contribution in [3.05, 3.63) is 46.6 Å². The Kier molecular flexibility index (Phi) is 3.90. The van der Waals surface area contributed by atoms with Crippen molar-refractivity contribution in [2.24, 2.45) is 7.05 Å². The first kappa shape index (κ1) is 13.6. The fourth-order valence-corrected chi connectivity index (χ4v) is 2.47. The van der Waals surface area contributed by atoms with Gasteiger partial charge in [-0.2, -0.15) is 5.10 Å². The van der Waals surface area contributed by atoms with Gasteiger partial charge in [0.05, 0.1) is 12.3 Å². The van der Waals surface area contributed by atoms with E-state index in [4.69, 9.17) is 0 Å². The molecule has 2 rings (SSSR count). The van der Waals surface area contributed by atoms with Gasteiger partial charge in [-0.15, -0.1) is 0 Å². The molecule has 0 radical (unpaired) electrons. The van der Waals surface area contributed by atoms with Crippen molar-refractivity contribution in [2.75, 3.05) is 11.9 Å². The van der Waals surface area contributed by atoms with Crippen molar-refractivity contribution >= 4 is 5.82 Å². The number of hydrogen-bond acceptors (Lipinski definition) is 3. The standard InChI is InChI=1S/C15H21N3O/c1-11-7-5-6-8-13(11)9-17(3)15-14(10-19)12(2)16-18(15)4/h5-8,19H,9-10H2,1-4H3. The molecule has 0 unspecified atom stereocenters. The molecule has 1 heterocycles. The average molecular weight is 259 g/mol. The second kappa shape index (κ2) is 5.45. The number of benzene rings is 1. The van der Waals surface area contributed by atoms with E-state index >= 15 is 0 Å². The van der Waals surface area contributed by atoms with E-state index in [0.29, 0.717) is 0 Å². The Labute approximate surface area is 114 Å². The molecule has 102 valence electrons. The molecular formula is C15H21N3O. The van der Waals surface area contributed by atoms with Gasteiger partial charge >= 0.3 is 0 Å². The van der Waals surface area contributed by atoms with Gasteiger partial charge in [0.25, 0.3) is 0 Å². The zero-order chi connectivity index (χ0) is 14.0. The molecule has 0 aliphatic rings. The monoisotopic (exact) mass is 259 g/mol. The van der Waals surface area contributed by atoms with Gasteiger partial charge in [0.2, 0.25) is 0 Å². The first-order valence-electron chi connectivity index (χ1n) is 6.43. The van der Waals surface area contributed by atoms with Crippen molar-refractivity contribution in [3.63, 3.8) is 0 Å². The SMILES string of the molecule is Cc1ccccc1CN(C)c1c(CO)c(C)nn1C. The molecule has 0 saturated carbocycles. The van der Waals surface area contributed by atoms with Crippen LogP contribution in [0.3, 0.4) is 0 Å². The Morgan fingerprint density at radius 2 is 1.95 bits per heavy atom. The lowest BCUT2D eigenvalue weighted by Gasteiger charge is -2.21. The van der Waals surface area contributed by atoms with Crippen LogP contribution in [0.15, 0.2) is 24.3 Å². The summed E-state index contributed by atoms with van der Waals surface area (Å²) in [5.41, 5.74) is 4.35. The summed E-state index contributed by atoms with van der Waals surface area (Å²) in [7, 11) is 3.94. The van der Waals surface area contributed by atoms with E-state index < -0.39 is 0 Å². The molecule has 1 N–H and O–H groups in total. The number of aryl methyl sites for hydroxylation is 3. The molecule has 19 heavy (non-hydrogen) atoms. The van der Waals surface area contributed by atoms with E-state index in [1.165, 1.54) is 11.1 Å². The smallest absolute Gasteiger partial charge is 0.132 e. The Morgan fingerprint density at radius 3 is 2.58 bits per heavy atom. The van der Waals surface area contributed by atoms with Crippen molar-refractivity contribution < 1.29 is 5.11 Å². The van der Waals surface area contributed by atoms with Crippen LogP contribution in [0.25, 0.3) is 0 Å². The van der Waals surface area contributed by atoms with Crippen molar-refractivity contribution in [1.29, 1.82) is 0 Å². The third kappa shape index (κ3) is 2.63. The molecule has 0 atom stereocenters. The topological polar surface area (TPSA) is 41.3 Å². The summed E-state index contributed by atoms with van der Waals surface area (Å²) in [5.74, 6) is 0.975. The van der Waals surface area contributed by atoms with Crippen molar-refractivity contribution in [3.8, 4) is 0 Å². The van der Waals surface area contributed by atoms with E-state index in [2.05, 4.69) is 35.1 Å². The predicted octanol–water partition coefficient (Wildman–Crippen LogP) is 2.17. The number of aromatic nitrogens is 2. The molecule has 0 aliphatic heterocycles. The summed E-state index contributed by atoms with van der Waals surface area (Å²) >= 11 is 0. The fourth-order valence-electron chi connectivity index (χ4n) is 2.47. The van der Waals surface area contributed by atoms with Crippen LogP contribution in [0.4, 0.5) is 5.82 Å². The second-order valence-electron chi connectivity index (χ2n) is 4.95. The zero-order valence-electron chi connectivity index (χ0n) is 12.0. The summed E-state index contributed by atoms with van der Waals surface area (Å²) in [5, 5.41) is 13.9. The molecule has 0 fully saturated rings. The van der Waals surface area contributed by atoms with Crippen LogP contribution in [-0.4, -0.2) is 21.9 Å². The normalized spacial score (nSPS) is 10.8. The highest BCUT2D eigenvalue weighted by molar-refractivity contribution is 5.50. The highest BCUT2D eigenvalue weighted by atomic mass is 16.3. The van der Waals surface area contributed by atoms with Crippen LogP contribution >= 0.6 is 0 Å². The maximum Gasteiger partial charge on any atom is 0.132 e. The van der Waals surface area contributed by atoms with E-state index in [0.717, 1.165) is 23.6 Å². The maximum atomic E-state index is 9.50. The molecule has 0 saturated heterocycles. The summed E-state index contributed by atoms with van der Waals surface area (Å²) in [6.45, 7) is 4.87. The van der Waals surface area contributed by atoms with Crippen LogP contribution in [0, 0.1) is 13.8 Å². The van der Waals surface area contributed by atoms with Gasteiger partial charge in [-0.1, -0.05) is 24.3 Å². The third-order valence-corrected chi connectivity index (χ3v) is 3.50. The number of hydrogen-bond donors (Lipinski definition) is 1. The van der Waals surface area contributed by atoms with E-state index in [-0.39, 0.29) is 6.61 Å². The number of aliphatic hydroxyl groups is 1. The summed E-state index contributed by atoms with van der Waals surface area (Å²) in [6.07, 6.45) is 0. The highest BCUT2D eigenvalue weighted by Crippen LogP contribution is 2.24. The zero-order valence-corrected chi connectivity index (χ0v) is 12.0. The van der Waals surface area contributed by atoms with Gasteiger partial charge < -0.3 is 10.0 Å². The number of anilines is 1. The lowest BCUT2D eigenvalue weighted by Crippen LogP contribution is -2.21. The Hall–Kier alpha value is -1.81. The minimum absolute atomic E-state index is 0.0210. The van der Waals surface area contributed by atoms with Gasteiger partial charge in [0, 0.05) is 26.2 Å². The molecule has 4 nitrogen and oxygen atoms in total. The average Bonchev–Trinajstić information content (AvgIpc) is 2.66. The second-order valence-corrected chi connectivity index (χ2v) is 4.95. The van der Waals surface area contributed by atoms with Crippen LogP contribution in [-0.2, 0) is 20.2 Å². The van der Waals surface area contributed by atoms with E-state index in [9.17, 15) is 5.11 Å². The molecule has 0 spiro atoms. The van der Waals surface area contributed by atoms with Gasteiger partial charge in [0.1, 0.15) is 5.82 Å². The van der Waals surface area contributed by atoms with Crippen LogP contribution in [0.1, 0.15) is 22.4 Å². The lowest BCUT2D eigenvalue weighted by molar-refractivity contribution is 0.281. The van der Waals surface area contributed by atoms with Crippen LogP contribution in [0.2, 0.25) is 0 Å². The number of rotatable bonds is 4. The first-order valence-corrected chi connectivity index (χ1v) is 6.43. The Morgan fingerprint density at radius 1 is 1.26 bits per heavy atom. The van der Waals surface area contributed by atoms with Crippen molar-refractivity contribution in [1.82, 2.24) is 9.78 Å². The minimum atomic E-state index is 0.0210. The molecule has 2 aromatic rings. The largest absolute Gasteiger partial charge is 0.391 e. The summed E-state index contributed by atoms with van der Waals surface area (Å²) < 4.78 is 1.83. The number of nitrogens with zero attached hydrogens (tertiary/aromatic N) is 3. The minimum Gasteiger partial charge on any atom is -0.391 e.